The number of nitriles is 1. The Morgan fingerprint density at radius 3 is 2.50 bits per heavy atom. The number of carbonyl (C=O) groups excluding carboxylic acids is 1. The fourth-order valence-corrected chi connectivity index (χ4v) is 2.28. The molecule has 20 heavy (non-hydrogen) atoms. The number of hydrogen-bond donors (Lipinski definition) is 2. The van der Waals surface area contributed by atoms with E-state index < -0.39 is 11.9 Å². The summed E-state index contributed by atoms with van der Waals surface area (Å²) in [6.45, 7) is 2.48. The molecule has 6 heteroatoms. The monoisotopic (exact) mass is 273 g/mol. The van der Waals surface area contributed by atoms with Crippen molar-refractivity contribution in [3.05, 3.63) is 29.8 Å². The van der Waals surface area contributed by atoms with Crippen LogP contribution in [0.2, 0.25) is 0 Å². The van der Waals surface area contributed by atoms with Gasteiger partial charge in [-0.3, -0.25) is 4.79 Å². The first kappa shape index (κ1) is 13.9. The van der Waals surface area contributed by atoms with E-state index in [9.17, 15) is 9.59 Å². The Hall–Kier alpha value is -2.55. The number of rotatable bonds is 2. The number of nitrogens with zero attached hydrogens (tertiary/aromatic N) is 2. The lowest BCUT2D eigenvalue weighted by molar-refractivity contribution is -0.142. The van der Waals surface area contributed by atoms with Crippen LogP contribution in [0.3, 0.4) is 0 Å². The van der Waals surface area contributed by atoms with Crippen molar-refractivity contribution in [1.29, 1.82) is 5.26 Å². The van der Waals surface area contributed by atoms with Gasteiger partial charge >= 0.3 is 12.0 Å². The number of carbonyl (C=O) groups is 2. The van der Waals surface area contributed by atoms with Crippen LogP contribution in [-0.2, 0) is 4.79 Å². The molecule has 0 radical (unpaired) electrons. The van der Waals surface area contributed by atoms with Gasteiger partial charge in [0.05, 0.1) is 17.6 Å². The van der Waals surface area contributed by atoms with E-state index in [1.54, 1.807) is 24.3 Å². The summed E-state index contributed by atoms with van der Waals surface area (Å²) in [5.74, 6) is -1.44. The highest BCUT2D eigenvalue weighted by Gasteiger charge is 2.36. The van der Waals surface area contributed by atoms with Gasteiger partial charge in [-0.2, -0.15) is 5.26 Å². The maximum Gasteiger partial charge on any atom is 0.321 e. The topological polar surface area (TPSA) is 93.4 Å². The van der Waals surface area contributed by atoms with Gasteiger partial charge in [-0.05, 0) is 30.2 Å². The number of nitrogens with one attached hydrogen (secondary N) is 1. The zero-order valence-corrected chi connectivity index (χ0v) is 11.0. The summed E-state index contributed by atoms with van der Waals surface area (Å²) in [7, 11) is 0. The molecular weight excluding hydrogens is 258 g/mol. The third kappa shape index (κ3) is 2.88. The highest BCUT2D eigenvalue weighted by atomic mass is 16.4. The lowest BCUT2D eigenvalue weighted by Crippen LogP contribution is -2.33. The van der Waals surface area contributed by atoms with Crippen molar-refractivity contribution in [2.24, 2.45) is 11.8 Å². The van der Waals surface area contributed by atoms with E-state index in [0.717, 1.165) is 0 Å². The third-order valence-corrected chi connectivity index (χ3v) is 3.48. The summed E-state index contributed by atoms with van der Waals surface area (Å²) in [6.07, 6.45) is 0. The maximum absolute atomic E-state index is 12.0. The molecule has 0 saturated carbocycles. The average molecular weight is 273 g/mol. The van der Waals surface area contributed by atoms with Crippen LogP contribution in [0.15, 0.2) is 24.3 Å². The number of carboxylic acid groups (broad SMARTS) is 1. The van der Waals surface area contributed by atoms with Crippen molar-refractivity contribution in [2.45, 2.75) is 6.92 Å². The summed E-state index contributed by atoms with van der Waals surface area (Å²) >= 11 is 0. The van der Waals surface area contributed by atoms with Crippen molar-refractivity contribution in [1.82, 2.24) is 4.90 Å². The van der Waals surface area contributed by atoms with Crippen LogP contribution in [0.5, 0.6) is 0 Å². The number of aliphatic carboxylic acids is 1. The Morgan fingerprint density at radius 1 is 1.35 bits per heavy atom. The molecule has 2 atom stereocenters. The minimum absolute atomic E-state index is 0.0563. The van der Waals surface area contributed by atoms with Crippen molar-refractivity contribution in [3.8, 4) is 6.07 Å². The first-order valence-electron chi connectivity index (χ1n) is 6.30. The molecule has 6 nitrogen and oxygen atoms in total. The van der Waals surface area contributed by atoms with Gasteiger partial charge in [0.15, 0.2) is 0 Å². The standard InChI is InChI=1S/C14H15N3O3/c1-9-7-17(8-12(9)13(18)19)14(20)16-11-4-2-10(6-15)3-5-11/h2-5,9,12H,7-8H2,1H3,(H,16,20)(H,18,19). The van der Waals surface area contributed by atoms with Gasteiger partial charge in [0.25, 0.3) is 0 Å². The molecule has 2 rings (SSSR count). The number of amides is 2. The van der Waals surface area contributed by atoms with Crippen molar-refractivity contribution < 1.29 is 14.7 Å². The van der Waals surface area contributed by atoms with Crippen LogP contribution >= 0.6 is 0 Å². The van der Waals surface area contributed by atoms with Gasteiger partial charge in [-0.25, -0.2) is 4.79 Å². The minimum Gasteiger partial charge on any atom is -0.481 e. The molecule has 104 valence electrons. The van der Waals surface area contributed by atoms with E-state index in [1.165, 1.54) is 4.90 Å². The summed E-state index contributed by atoms with van der Waals surface area (Å²) in [6, 6.07) is 8.20. The second-order valence-electron chi connectivity index (χ2n) is 4.95. The number of urea groups is 1. The van der Waals surface area contributed by atoms with Crippen LogP contribution in [0.25, 0.3) is 0 Å². The molecule has 1 aliphatic rings. The van der Waals surface area contributed by atoms with E-state index in [2.05, 4.69) is 5.32 Å². The molecule has 0 spiro atoms. The SMILES string of the molecule is CC1CN(C(=O)Nc2ccc(C#N)cc2)CC1C(=O)O. The Balaban J connectivity index is 1.99. The van der Waals surface area contributed by atoms with Gasteiger partial charge in [-0.15, -0.1) is 0 Å². The molecule has 0 aromatic heterocycles. The van der Waals surface area contributed by atoms with Crippen LogP contribution in [0.4, 0.5) is 10.5 Å². The van der Waals surface area contributed by atoms with E-state index in [4.69, 9.17) is 10.4 Å². The molecule has 1 aromatic rings. The van der Waals surface area contributed by atoms with Gasteiger partial charge in [0.2, 0.25) is 0 Å². The van der Waals surface area contributed by atoms with Gasteiger partial charge in [0, 0.05) is 18.8 Å². The first-order chi connectivity index (χ1) is 9.51. The third-order valence-electron chi connectivity index (χ3n) is 3.48. The second-order valence-corrected chi connectivity index (χ2v) is 4.95. The Labute approximate surface area is 116 Å². The van der Waals surface area contributed by atoms with Crippen molar-refractivity contribution in [2.75, 3.05) is 18.4 Å². The molecule has 2 N–H and O–H groups in total. The molecule has 0 aliphatic carbocycles. The van der Waals surface area contributed by atoms with E-state index in [1.807, 2.05) is 13.0 Å². The number of likely N-dealkylation sites (tertiary alicyclic amines) is 1. The lowest BCUT2D eigenvalue weighted by atomic mass is 9.99. The highest BCUT2D eigenvalue weighted by Crippen LogP contribution is 2.23. The fraction of sp³-hybridized carbons (Fsp3) is 0.357. The molecule has 1 fully saturated rings. The van der Waals surface area contributed by atoms with Crippen LogP contribution < -0.4 is 5.32 Å². The molecule has 1 aromatic carbocycles. The highest BCUT2D eigenvalue weighted by molar-refractivity contribution is 5.90. The molecular formula is C14H15N3O3. The van der Waals surface area contributed by atoms with E-state index in [0.29, 0.717) is 17.8 Å². The lowest BCUT2D eigenvalue weighted by Gasteiger charge is -2.16. The van der Waals surface area contributed by atoms with Crippen LogP contribution in [0.1, 0.15) is 12.5 Å². The molecule has 1 saturated heterocycles. The number of carboxylic acids is 1. The molecule has 0 bridgehead atoms. The van der Waals surface area contributed by atoms with E-state index >= 15 is 0 Å². The van der Waals surface area contributed by atoms with Crippen LogP contribution in [-0.4, -0.2) is 35.1 Å². The predicted octanol–water partition coefficient (Wildman–Crippen LogP) is 1.74. The molecule has 2 unspecified atom stereocenters. The normalized spacial score (nSPS) is 21.3. The van der Waals surface area contributed by atoms with Crippen molar-refractivity contribution in [3.63, 3.8) is 0 Å². The molecule has 2 amide bonds. The largest absolute Gasteiger partial charge is 0.481 e. The number of anilines is 1. The smallest absolute Gasteiger partial charge is 0.321 e. The van der Waals surface area contributed by atoms with Gasteiger partial charge in [-0.1, -0.05) is 6.92 Å². The zero-order valence-electron chi connectivity index (χ0n) is 11.0. The van der Waals surface area contributed by atoms with E-state index in [-0.39, 0.29) is 18.5 Å². The second kappa shape index (κ2) is 5.61. The number of hydrogen-bond acceptors (Lipinski definition) is 3. The van der Waals surface area contributed by atoms with Gasteiger partial charge in [0.1, 0.15) is 0 Å². The molecule has 1 heterocycles. The average Bonchev–Trinajstić information content (AvgIpc) is 2.82. The zero-order chi connectivity index (χ0) is 14.7. The summed E-state index contributed by atoms with van der Waals surface area (Å²) in [4.78, 5) is 24.6. The predicted molar refractivity (Wildman–Crippen MR) is 72.0 cm³/mol. The van der Waals surface area contributed by atoms with Crippen LogP contribution in [0, 0.1) is 23.2 Å². The Morgan fingerprint density at radius 2 is 2.00 bits per heavy atom. The Bertz CT molecular complexity index is 562. The van der Waals surface area contributed by atoms with Gasteiger partial charge < -0.3 is 15.3 Å². The minimum atomic E-state index is -0.869. The summed E-state index contributed by atoms with van der Waals surface area (Å²) < 4.78 is 0. The number of benzene rings is 1. The maximum atomic E-state index is 12.0. The first-order valence-corrected chi connectivity index (χ1v) is 6.30. The summed E-state index contributed by atoms with van der Waals surface area (Å²) in [5.41, 5.74) is 1.10. The molecule has 1 aliphatic heterocycles. The fourth-order valence-electron chi connectivity index (χ4n) is 2.28. The Kier molecular flexibility index (Phi) is 3.89. The quantitative estimate of drug-likeness (QED) is 0.858. The summed E-state index contributed by atoms with van der Waals surface area (Å²) in [5, 5.41) is 20.4. The van der Waals surface area contributed by atoms with Crippen molar-refractivity contribution >= 4 is 17.7 Å².